The van der Waals surface area contributed by atoms with Gasteiger partial charge in [-0.15, -0.1) is 0 Å². The summed E-state index contributed by atoms with van der Waals surface area (Å²) in [5, 5.41) is 0.744. The summed E-state index contributed by atoms with van der Waals surface area (Å²) >= 11 is 6.03. The molecule has 2 saturated carbocycles. The summed E-state index contributed by atoms with van der Waals surface area (Å²) in [6.07, 6.45) is 4.11. The van der Waals surface area contributed by atoms with Crippen LogP contribution in [0.3, 0.4) is 0 Å². The minimum atomic E-state index is 0.506. The smallest absolute Gasteiger partial charge is 0.216 e. The molecule has 0 saturated heterocycles. The molecular formula is C15H16ClNO. The molecule has 0 spiro atoms. The lowest BCUT2D eigenvalue weighted by molar-refractivity contribution is 0.145. The first-order chi connectivity index (χ1) is 8.81. The van der Waals surface area contributed by atoms with E-state index in [1.807, 2.05) is 24.3 Å². The summed E-state index contributed by atoms with van der Waals surface area (Å²) in [4.78, 5) is 4.87. The monoisotopic (exact) mass is 261 g/mol. The van der Waals surface area contributed by atoms with Crippen molar-refractivity contribution in [1.29, 1.82) is 0 Å². The number of fused-ring (bicyclic) bond motifs is 5. The van der Waals surface area contributed by atoms with Crippen LogP contribution in [0.1, 0.15) is 24.8 Å². The lowest BCUT2D eigenvalue weighted by atomic mass is 9.84. The highest BCUT2D eigenvalue weighted by Gasteiger charge is 2.49. The number of benzene rings is 1. The van der Waals surface area contributed by atoms with Crippen molar-refractivity contribution in [2.75, 3.05) is 6.61 Å². The van der Waals surface area contributed by atoms with Gasteiger partial charge in [0.05, 0.1) is 12.6 Å². The van der Waals surface area contributed by atoms with Gasteiger partial charge in [0.2, 0.25) is 5.90 Å². The molecule has 1 aromatic carbocycles. The Morgan fingerprint density at radius 2 is 2.11 bits per heavy atom. The van der Waals surface area contributed by atoms with Crippen LogP contribution in [0.4, 0.5) is 0 Å². The van der Waals surface area contributed by atoms with E-state index >= 15 is 0 Å². The zero-order valence-electron chi connectivity index (χ0n) is 10.2. The number of rotatable bonds is 1. The zero-order chi connectivity index (χ0) is 12.1. The van der Waals surface area contributed by atoms with Crippen LogP contribution in [-0.2, 0) is 4.74 Å². The molecule has 3 heteroatoms. The summed E-state index contributed by atoms with van der Waals surface area (Å²) in [6, 6.07) is 8.31. The highest BCUT2D eigenvalue weighted by atomic mass is 35.5. The predicted molar refractivity (Wildman–Crippen MR) is 72.1 cm³/mol. The largest absolute Gasteiger partial charge is 0.477 e. The summed E-state index contributed by atoms with van der Waals surface area (Å²) in [7, 11) is 0. The lowest BCUT2D eigenvalue weighted by Crippen LogP contribution is -2.36. The van der Waals surface area contributed by atoms with E-state index in [1.54, 1.807) is 0 Å². The highest BCUT2D eigenvalue weighted by molar-refractivity contribution is 6.30. The Kier molecular flexibility index (Phi) is 2.41. The summed E-state index contributed by atoms with van der Waals surface area (Å²) in [6.45, 7) is 0.844. The molecule has 3 aliphatic rings. The van der Waals surface area contributed by atoms with Crippen LogP contribution in [0.2, 0.25) is 5.02 Å². The molecule has 2 bridgehead atoms. The molecule has 1 aromatic rings. The molecule has 4 atom stereocenters. The molecule has 0 amide bonds. The van der Waals surface area contributed by atoms with E-state index in [-0.39, 0.29) is 0 Å². The van der Waals surface area contributed by atoms with Crippen LogP contribution in [0, 0.1) is 17.8 Å². The molecule has 0 N–H and O–H groups in total. The first-order valence-corrected chi connectivity index (χ1v) is 7.15. The average molecular weight is 262 g/mol. The van der Waals surface area contributed by atoms with Gasteiger partial charge in [-0.3, -0.25) is 0 Å². The molecule has 1 heterocycles. The Morgan fingerprint density at radius 3 is 3.00 bits per heavy atom. The van der Waals surface area contributed by atoms with E-state index in [0.29, 0.717) is 12.0 Å². The van der Waals surface area contributed by atoms with Crippen molar-refractivity contribution in [3.05, 3.63) is 34.9 Å². The fourth-order valence-corrected chi connectivity index (χ4v) is 4.13. The molecule has 0 unspecified atom stereocenters. The maximum Gasteiger partial charge on any atom is 0.216 e. The van der Waals surface area contributed by atoms with E-state index in [9.17, 15) is 0 Å². The Hall–Kier alpha value is -1.02. The Labute approximate surface area is 112 Å². The number of hydrogen-bond acceptors (Lipinski definition) is 2. The van der Waals surface area contributed by atoms with Crippen LogP contribution in [0.5, 0.6) is 0 Å². The van der Waals surface area contributed by atoms with Crippen LogP contribution in [0.15, 0.2) is 29.3 Å². The lowest BCUT2D eigenvalue weighted by Gasteiger charge is -2.32. The second kappa shape index (κ2) is 3.99. The summed E-state index contributed by atoms with van der Waals surface area (Å²) < 4.78 is 5.88. The second-order valence-corrected chi connectivity index (χ2v) is 6.18. The molecular weight excluding hydrogens is 246 g/mol. The predicted octanol–water partition coefficient (Wildman–Crippen LogP) is 3.53. The van der Waals surface area contributed by atoms with Crippen molar-refractivity contribution < 1.29 is 4.74 Å². The number of aliphatic imine (C=N–C) groups is 1. The SMILES string of the molecule is Clc1cccc(C2=N[C@H]3[C@@H]4CC[C@@H](C4)[C@H]3CO2)c1. The molecule has 2 nitrogen and oxygen atoms in total. The van der Waals surface area contributed by atoms with E-state index in [4.69, 9.17) is 21.3 Å². The van der Waals surface area contributed by atoms with Gasteiger partial charge in [-0.2, -0.15) is 0 Å². The van der Waals surface area contributed by atoms with E-state index in [0.717, 1.165) is 34.9 Å². The van der Waals surface area contributed by atoms with Gasteiger partial charge >= 0.3 is 0 Å². The molecule has 0 aromatic heterocycles. The maximum atomic E-state index is 6.03. The van der Waals surface area contributed by atoms with Crippen LogP contribution < -0.4 is 0 Å². The number of ether oxygens (including phenoxy) is 1. The maximum absolute atomic E-state index is 6.03. The van der Waals surface area contributed by atoms with Crippen molar-refractivity contribution in [2.24, 2.45) is 22.7 Å². The van der Waals surface area contributed by atoms with Crippen LogP contribution in [-0.4, -0.2) is 18.5 Å². The first-order valence-electron chi connectivity index (χ1n) is 6.78. The molecule has 94 valence electrons. The van der Waals surface area contributed by atoms with Crippen LogP contribution in [0.25, 0.3) is 0 Å². The normalized spacial score (nSPS) is 37.1. The third-order valence-corrected chi connectivity index (χ3v) is 5.03. The van der Waals surface area contributed by atoms with Gasteiger partial charge < -0.3 is 4.74 Å². The Bertz CT molecular complexity index is 513. The topological polar surface area (TPSA) is 21.6 Å². The van der Waals surface area contributed by atoms with E-state index < -0.39 is 0 Å². The number of halogens is 1. The molecule has 2 fully saturated rings. The minimum absolute atomic E-state index is 0.506. The van der Waals surface area contributed by atoms with Crippen molar-refractivity contribution in [3.63, 3.8) is 0 Å². The van der Waals surface area contributed by atoms with Gasteiger partial charge in [-0.05, 0) is 49.3 Å². The third kappa shape index (κ3) is 1.58. The number of hydrogen-bond donors (Lipinski definition) is 0. The van der Waals surface area contributed by atoms with Gasteiger partial charge in [0.25, 0.3) is 0 Å². The molecule has 1 aliphatic heterocycles. The molecule has 18 heavy (non-hydrogen) atoms. The van der Waals surface area contributed by atoms with Gasteiger partial charge in [-0.1, -0.05) is 17.7 Å². The van der Waals surface area contributed by atoms with Gasteiger partial charge in [-0.25, -0.2) is 4.99 Å². The third-order valence-electron chi connectivity index (χ3n) is 4.79. The quantitative estimate of drug-likeness (QED) is 0.758. The van der Waals surface area contributed by atoms with Crippen molar-refractivity contribution in [2.45, 2.75) is 25.3 Å². The van der Waals surface area contributed by atoms with E-state index in [1.165, 1.54) is 19.3 Å². The first kappa shape index (κ1) is 10.9. The van der Waals surface area contributed by atoms with Crippen molar-refractivity contribution in [1.82, 2.24) is 0 Å². The number of nitrogens with zero attached hydrogens (tertiary/aromatic N) is 1. The van der Waals surface area contributed by atoms with Gasteiger partial charge in [0.1, 0.15) is 0 Å². The minimum Gasteiger partial charge on any atom is -0.477 e. The van der Waals surface area contributed by atoms with Crippen LogP contribution >= 0.6 is 11.6 Å². The second-order valence-electron chi connectivity index (χ2n) is 5.74. The fourth-order valence-electron chi connectivity index (χ4n) is 3.94. The van der Waals surface area contributed by atoms with Crippen molar-refractivity contribution in [3.8, 4) is 0 Å². The summed E-state index contributed by atoms with van der Waals surface area (Å²) in [5.41, 5.74) is 1.02. The molecule has 4 rings (SSSR count). The summed E-state index contributed by atoms with van der Waals surface area (Å²) in [5.74, 6) is 3.14. The van der Waals surface area contributed by atoms with Crippen molar-refractivity contribution >= 4 is 17.5 Å². The van der Waals surface area contributed by atoms with Gasteiger partial charge in [0, 0.05) is 16.5 Å². The standard InChI is InChI=1S/C15H16ClNO/c16-12-3-1-2-11(7-12)15-17-14-10-5-4-9(6-10)13(14)8-18-15/h1-3,7,9-10,13-14H,4-6,8H2/t9-,10+,13+,14-/m0/s1. The molecule has 0 radical (unpaired) electrons. The average Bonchev–Trinajstić information content (AvgIpc) is 3.00. The fraction of sp³-hybridized carbons (Fsp3) is 0.533. The zero-order valence-corrected chi connectivity index (χ0v) is 10.9. The Morgan fingerprint density at radius 1 is 1.22 bits per heavy atom. The highest BCUT2D eigenvalue weighted by Crippen LogP contribution is 2.51. The molecule has 2 aliphatic carbocycles. The van der Waals surface area contributed by atoms with E-state index in [2.05, 4.69) is 0 Å². The van der Waals surface area contributed by atoms with Gasteiger partial charge in [0.15, 0.2) is 0 Å². The Balaban J connectivity index is 1.67.